The van der Waals surface area contributed by atoms with Crippen LogP contribution in [0, 0.1) is 0 Å². The maximum absolute atomic E-state index is 11.5. The molecule has 0 radical (unpaired) electrons. The zero-order chi connectivity index (χ0) is 14.5. The van der Waals surface area contributed by atoms with Crippen LogP contribution in [0.5, 0.6) is 0 Å². The Balaban J connectivity index is 2.53. The molecule has 0 aliphatic heterocycles. The van der Waals surface area contributed by atoms with Crippen LogP contribution in [-0.2, 0) is 15.0 Å². The summed E-state index contributed by atoms with van der Waals surface area (Å²) in [6.45, 7) is 4.47. The second kappa shape index (κ2) is 6.57. The van der Waals surface area contributed by atoms with Crippen LogP contribution in [0.4, 0.5) is 0 Å². The van der Waals surface area contributed by atoms with E-state index in [4.69, 9.17) is 16.7 Å². The summed E-state index contributed by atoms with van der Waals surface area (Å²) in [5.41, 5.74) is 0.833. The summed E-state index contributed by atoms with van der Waals surface area (Å²) in [7, 11) is 0. The first-order valence-corrected chi connectivity index (χ1v) is 6.43. The number of halogens is 1. The van der Waals surface area contributed by atoms with E-state index in [9.17, 15) is 9.59 Å². The predicted octanol–water partition coefficient (Wildman–Crippen LogP) is 2.60. The Kier molecular flexibility index (Phi) is 5.36. The fourth-order valence-electron chi connectivity index (χ4n) is 1.63. The molecule has 0 unspecified atom stereocenters. The molecular formula is C14H18ClNO3. The number of hydrogen-bond donors (Lipinski definition) is 2. The second-order valence-electron chi connectivity index (χ2n) is 5.06. The van der Waals surface area contributed by atoms with Crippen LogP contribution in [0.15, 0.2) is 24.3 Å². The third kappa shape index (κ3) is 5.30. The second-order valence-corrected chi connectivity index (χ2v) is 5.50. The zero-order valence-corrected chi connectivity index (χ0v) is 11.8. The van der Waals surface area contributed by atoms with Gasteiger partial charge in [-0.25, -0.2) is 0 Å². The van der Waals surface area contributed by atoms with Crippen molar-refractivity contribution in [3.8, 4) is 0 Å². The summed E-state index contributed by atoms with van der Waals surface area (Å²) < 4.78 is 0. The number of hydrogen-bond acceptors (Lipinski definition) is 2. The van der Waals surface area contributed by atoms with Gasteiger partial charge in [0.25, 0.3) is 0 Å². The molecule has 0 fully saturated rings. The smallest absolute Gasteiger partial charge is 0.303 e. The summed E-state index contributed by atoms with van der Waals surface area (Å²) in [5.74, 6) is -1.21. The standard InChI is InChI=1S/C14H18ClNO3/c1-14(2,10-3-5-11(15)6-4-10)9-16-12(17)7-8-13(18)19/h3-6H,7-9H2,1-2H3,(H,16,17)(H,18,19). The van der Waals surface area contributed by atoms with Gasteiger partial charge in [0.15, 0.2) is 0 Å². The lowest BCUT2D eigenvalue weighted by atomic mass is 9.84. The van der Waals surface area contributed by atoms with Crippen molar-refractivity contribution >= 4 is 23.5 Å². The Labute approximate surface area is 117 Å². The SMILES string of the molecule is CC(C)(CNC(=O)CCC(=O)O)c1ccc(Cl)cc1. The normalized spacial score (nSPS) is 11.1. The molecule has 104 valence electrons. The van der Waals surface area contributed by atoms with Gasteiger partial charge < -0.3 is 10.4 Å². The maximum atomic E-state index is 11.5. The molecule has 2 N–H and O–H groups in total. The molecule has 0 heterocycles. The van der Waals surface area contributed by atoms with Gasteiger partial charge in [-0.05, 0) is 17.7 Å². The minimum Gasteiger partial charge on any atom is -0.481 e. The zero-order valence-electron chi connectivity index (χ0n) is 11.1. The van der Waals surface area contributed by atoms with E-state index in [1.165, 1.54) is 0 Å². The summed E-state index contributed by atoms with van der Waals surface area (Å²) in [6.07, 6.45) is -0.140. The van der Waals surface area contributed by atoms with Gasteiger partial charge >= 0.3 is 5.97 Å². The van der Waals surface area contributed by atoms with Gasteiger partial charge in [0, 0.05) is 23.4 Å². The third-order valence-electron chi connectivity index (χ3n) is 2.92. The van der Waals surface area contributed by atoms with Gasteiger partial charge in [-0.15, -0.1) is 0 Å². The number of carbonyl (C=O) groups is 2. The van der Waals surface area contributed by atoms with Crippen molar-refractivity contribution in [2.24, 2.45) is 0 Å². The Morgan fingerprint density at radius 2 is 1.79 bits per heavy atom. The fraction of sp³-hybridized carbons (Fsp3) is 0.429. The van der Waals surface area contributed by atoms with Crippen LogP contribution in [0.3, 0.4) is 0 Å². The van der Waals surface area contributed by atoms with E-state index in [0.717, 1.165) is 5.56 Å². The average Bonchev–Trinajstić information content (AvgIpc) is 2.34. The Morgan fingerprint density at radius 3 is 2.32 bits per heavy atom. The van der Waals surface area contributed by atoms with E-state index in [2.05, 4.69) is 5.32 Å². The summed E-state index contributed by atoms with van der Waals surface area (Å²) in [5, 5.41) is 11.9. The van der Waals surface area contributed by atoms with Gasteiger partial charge in [-0.3, -0.25) is 9.59 Å². The van der Waals surface area contributed by atoms with Crippen LogP contribution in [0.1, 0.15) is 32.3 Å². The Bertz CT molecular complexity index is 454. The highest BCUT2D eigenvalue weighted by Gasteiger charge is 2.21. The number of amides is 1. The molecule has 1 amide bonds. The molecule has 5 heteroatoms. The van der Waals surface area contributed by atoms with E-state index < -0.39 is 5.97 Å². The first-order valence-electron chi connectivity index (χ1n) is 6.06. The van der Waals surface area contributed by atoms with Gasteiger partial charge in [0.2, 0.25) is 5.91 Å². The average molecular weight is 284 g/mol. The monoisotopic (exact) mass is 283 g/mol. The van der Waals surface area contributed by atoms with Gasteiger partial charge in [-0.1, -0.05) is 37.6 Å². The third-order valence-corrected chi connectivity index (χ3v) is 3.17. The summed E-state index contributed by atoms with van der Waals surface area (Å²) in [6, 6.07) is 7.47. The van der Waals surface area contributed by atoms with Gasteiger partial charge in [0.1, 0.15) is 0 Å². The minimum absolute atomic E-state index is 0.00598. The van der Waals surface area contributed by atoms with Crippen molar-refractivity contribution in [2.75, 3.05) is 6.54 Å². The number of benzene rings is 1. The molecule has 4 nitrogen and oxygen atoms in total. The van der Waals surface area contributed by atoms with Gasteiger partial charge in [-0.2, -0.15) is 0 Å². The van der Waals surface area contributed by atoms with E-state index in [1.807, 2.05) is 38.1 Å². The number of carboxylic acids is 1. The molecule has 0 spiro atoms. The number of rotatable bonds is 6. The van der Waals surface area contributed by atoms with Crippen molar-refractivity contribution < 1.29 is 14.7 Å². The van der Waals surface area contributed by atoms with Crippen LogP contribution >= 0.6 is 11.6 Å². The van der Waals surface area contributed by atoms with Crippen LogP contribution in [0.2, 0.25) is 5.02 Å². The molecule has 0 aromatic heterocycles. The molecule has 19 heavy (non-hydrogen) atoms. The molecule has 1 aromatic carbocycles. The van der Waals surface area contributed by atoms with Gasteiger partial charge in [0.05, 0.1) is 6.42 Å². The lowest BCUT2D eigenvalue weighted by Gasteiger charge is -2.25. The van der Waals surface area contributed by atoms with Crippen molar-refractivity contribution in [2.45, 2.75) is 32.1 Å². The molecule has 1 aromatic rings. The van der Waals surface area contributed by atoms with E-state index in [1.54, 1.807) is 0 Å². The first kappa shape index (κ1) is 15.5. The highest BCUT2D eigenvalue weighted by molar-refractivity contribution is 6.30. The van der Waals surface area contributed by atoms with Crippen molar-refractivity contribution in [3.05, 3.63) is 34.9 Å². The lowest BCUT2D eigenvalue weighted by Crippen LogP contribution is -2.36. The predicted molar refractivity (Wildman–Crippen MR) is 74.4 cm³/mol. The molecule has 0 bridgehead atoms. The molecule has 0 aliphatic rings. The number of aliphatic carboxylic acids is 1. The molecule has 0 aliphatic carbocycles. The summed E-state index contributed by atoms with van der Waals surface area (Å²) >= 11 is 5.83. The Morgan fingerprint density at radius 1 is 1.21 bits per heavy atom. The quantitative estimate of drug-likeness (QED) is 0.843. The summed E-state index contributed by atoms with van der Waals surface area (Å²) in [4.78, 5) is 21.8. The minimum atomic E-state index is -0.966. The highest BCUT2D eigenvalue weighted by atomic mass is 35.5. The number of carbonyl (C=O) groups excluding carboxylic acids is 1. The largest absolute Gasteiger partial charge is 0.481 e. The number of carboxylic acid groups (broad SMARTS) is 1. The first-order chi connectivity index (χ1) is 8.81. The van der Waals surface area contributed by atoms with E-state index >= 15 is 0 Å². The molecule has 0 saturated carbocycles. The van der Waals surface area contributed by atoms with Crippen molar-refractivity contribution in [1.29, 1.82) is 0 Å². The highest BCUT2D eigenvalue weighted by Crippen LogP contribution is 2.23. The molecule has 0 saturated heterocycles. The molecule has 0 atom stereocenters. The topological polar surface area (TPSA) is 66.4 Å². The van der Waals surface area contributed by atoms with Crippen LogP contribution in [-0.4, -0.2) is 23.5 Å². The number of nitrogens with one attached hydrogen (secondary N) is 1. The van der Waals surface area contributed by atoms with Crippen molar-refractivity contribution in [1.82, 2.24) is 5.32 Å². The molecular weight excluding hydrogens is 266 g/mol. The lowest BCUT2D eigenvalue weighted by molar-refractivity contribution is -0.138. The molecule has 1 rings (SSSR count). The van der Waals surface area contributed by atoms with E-state index in [-0.39, 0.29) is 24.2 Å². The fourth-order valence-corrected chi connectivity index (χ4v) is 1.76. The Hall–Kier alpha value is -1.55. The van der Waals surface area contributed by atoms with Crippen LogP contribution < -0.4 is 5.32 Å². The van der Waals surface area contributed by atoms with E-state index in [0.29, 0.717) is 11.6 Å². The maximum Gasteiger partial charge on any atom is 0.303 e. The van der Waals surface area contributed by atoms with Crippen LogP contribution in [0.25, 0.3) is 0 Å². The van der Waals surface area contributed by atoms with Crippen molar-refractivity contribution in [3.63, 3.8) is 0 Å².